The van der Waals surface area contributed by atoms with Crippen LogP contribution in [0.3, 0.4) is 0 Å². The first-order chi connectivity index (χ1) is 32.2. The molecule has 0 atom stereocenters. The van der Waals surface area contributed by atoms with Crippen LogP contribution in [0.4, 0.5) is 17.1 Å². The van der Waals surface area contributed by atoms with E-state index in [4.69, 9.17) is 14.7 Å². The van der Waals surface area contributed by atoms with Gasteiger partial charge >= 0.3 is 0 Å². The lowest BCUT2D eigenvalue weighted by Gasteiger charge is -2.33. The van der Waals surface area contributed by atoms with Crippen molar-refractivity contribution in [3.8, 4) is 62.1 Å². The molecule has 0 saturated carbocycles. The molecular formula is C60H38N4O. The Balaban J connectivity index is 0.969. The second-order valence-corrected chi connectivity index (χ2v) is 16.6. The SMILES string of the molecule is c1ccc(-c2ccc(-c3nc(-c4cccc(-n5c6cc(-c7ccc8c(c7)N(c7ccccc7)c7ccccc7O8)ccc6c6c7ccccc7ccc65)c4)nc4ccccc34)cc2)cc1. The van der Waals surface area contributed by atoms with E-state index in [1.54, 1.807) is 0 Å². The number of hydrogen-bond donors (Lipinski definition) is 0. The average molecular weight is 831 g/mol. The van der Waals surface area contributed by atoms with Crippen LogP contribution in [0.25, 0.3) is 94.1 Å². The third kappa shape index (κ3) is 6.16. The molecule has 65 heavy (non-hydrogen) atoms. The van der Waals surface area contributed by atoms with Gasteiger partial charge in [-0.3, -0.25) is 0 Å². The van der Waals surface area contributed by atoms with Crippen molar-refractivity contribution in [1.29, 1.82) is 0 Å². The molecular weight excluding hydrogens is 793 g/mol. The maximum absolute atomic E-state index is 6.52. The van der Waals surface area contributed by atoms with Crippen LogP contribution in [0, 0.1) is 0 Å². The zero-order valence-corrected chi connectivity index (χ0v) is 35.1. The first-order valence-corrected chi connectivity index (χ1v) is 22.0. The third-order valence-corrected chi connectivity index (χ3v) is 12.8. The minimum absolute atomic E-state index is 0.681. The smallest absolute Gasteiger partial charge is 0.160 e. The number of ether oxygens (including phenoxy) is 1. The number of anilines is 3. The molecule has 0 amide bonds. The van der Waals surface area contributed by atoms with Gasteiger partial charge in [0.1, 0.15) is 0 Å². The van der Waals surface area contributed by atoms with Crippen molar-refractivity contribution in [1.82, 2.24) is 14.5 Å². The Morgan fingerprint density at radius 2 is 1.00 bits per heavy atom. The van der Waals surface area contributed by atoms with Gasteiger partial charge in [0.25, 0.3) is 0 Å². The molecule has 304 valence electrons. The molecule has 0 N–H and O–H groups in total. The predicted molar refractivity (Wildman–Crippen MR) is 268 cm³/mol. The minimum Gasteiger partial charge on any atom is -0.453 e. The van der Waals surface area contributed by atoms with Gasteiger partial charge in [-0.2, -0.15) is 0 Å². The van der Waals surface area contributed by atoms with E-state index in [0.29, 0.717) is 5.82 Å². The molecule has 2 aromatic heterocycles. The summed E-state index contributed by atoms with van der Waals surface area (Å²) in [5.41, 5.74) is 14.7. The summed E-state index contributed by atoms with van der Waals surface area (Å²) in [4.78, 5) is 12.8. The van der Waals surface area contributed by atoms with Gasteiger partial charge in [-0.15, -0.1) is 0 Å². The van der Waals surface area contributed by atoms with Gasteiger partial charge in [-0.25, -0.2) is 9.97 Å². The summed E-state index contributed by atoms with van der Waals surface area (Å²) in [6.45, 7) is 0. The summed E-state index contributed by atoms with van der Waals surface area (Å²) < 4.78 is 8.92. The normalized spacial score (nSPS) is 12.1. The molecule has 0 aliphatic carbocycles. The molecule has 0 saturated heterocycles. The van der Waals surface area contributed by atoms with Crippen molar-refractivity contribution in [2.45, 2.75) is 0 Å². The zero-order valence-electron chi connectivity index (χ0n) is 35.1. The second kappa shape index (κ2) is 14.9. The Labute approximate surface area is 375 Å². The molecule has 3 heterocycles. The highest BCUT2D eigenvalue weighted by Crippen LogP contribution is 2.51. The number of hydrogen-bond acceptors (Lipinski definition) is 4. The molecule has 0 fully saturated rings. The summed E-state index contributed by atoms with van der Waals surface area (Å²) in [5.74, 6) is 2.33. The molecule has 1 aliphatic heterocycles. The number of aromatic nitrogens is 3. The van der Waals surface area contributed by atoms with E-state index in [2.05, 4.69) is 216 Å². The number of benzene rings is 10. The van der Waals surface area contributed by atoms with Gasteiger partial charge in [-0.05, 0) is 99.8 Å². The minimum atomic E-state index is 0.681. The Hall–Kier alpha value is -8.80. The van der Waals surface area contributed by atoms with Crippen molar-refractivity contribution in [2.24, 2.45) is 0 Å². The lowest BCUT2D eigenvalue weighted by Crippen LogP contribution is -2.15. The Kier molecular flexibility index (Phi) is 8.46. The van der Waals surface area contributed by atoms with Crippen LogP contribution in [0.15, 0.2) is 231 Å². The molecule has 0 unspecified atom stereocenters. The van der Waals surface area contributed by atoms with Gasteiger partial charge in [0.2, 0.25) is 0 Å². The molecule has 13 rings (SSSR count). The van der Waals surface area contributed by atoms with Crippen LogP contribution in [-0.4, -0.2) is 14.5 Å². The molecule has 5 nitrogen and oxygen atoms in total. The third-order valence-electron chi connectivity index (χ3n) is 12.8. The van der Waals surface area contributed by atoms with Gasteiger partial charge in [0, 0.05) is 38.7 Å². The van der Waals surface area contributed by atoms with Crippen LogP contribution in [0.2, 0.25) is 0 Å². The first-order valence-electron chi connectivity index (χ1n) is 22.0. The molecule has 0 radical (unpaired) electrons. The van der Waals surface area contributed by atoms with Crippen LogP contribution in [0.5, 0.6) is 11.5 Å². The monoisotopic (exact) mass is 830 g/mol. The summed E-state index contributed by atoms with van der Waals surface area (Å²) >= 11 is 0. The number of para-hydroxylation sites is 4. The van der Waals surface area contributed by atoms with Crippen LogP contribution in [0.1, 0.15) is 0 Å². The Morgan fingerprint density at radius 3 is 1.88 bits per heavy atom. The molecule has 0 bridgehead atoms. The summed E-state index contributed by atoms with van der Waals surface area (Å²) in [6.07, 6.45) is 0. The van der Waals surface area contributed by atoms with E-state index in [0.717, 1.165) is 84.1 Å². The van der Waals surface area contributed by atoms with E-state index >= 15 is 0 Å². The van der Waals surface area contributed by atoms with Crippen molar-refractivity contribution in [3.05, 3.63) is 231 Å². The highest BCUT2D eigenvalue weighted by Gasteiger charge is 2.26. The predicted octanol–water partition coefficient (Wildman–Crippen LogP) is 16.1. The van der Waals surface area contributed by atoms with Crippen LogP contribution in [-0.2, 0) is 0 Å². The topological polar surface area (TPSA) is 43.2 Å². The van der Waals surface area contributed by atoms with E-state index in [-0.39, 0.29) is 0 Å². The van der Waals surface area contributed by atoms with E-state index in [9.17, 15) is 0 Å². The molecule has 0 spiro atoms. The highest BCUT2D eigenvalue weighted by atomic mass is 16.5. The van der Waals surface area contributed by atoms with Crippen LogP contribution >= 0.6 is 0 Å². The molecule has 10 aromatic carbocycles. The van der Waals surface area contributed by atoms with E-state index in [1.807, 2.05) is 24.3 Å². The summed E-state index contributed by atoms with van der Waals surface area (Å²) in [6, 6.07) is 81.5. The van der Waals surface area contributed by atoms with Crippen molar-refractivity contribution >= 4 is 60.5 Å². The number of rotatable bonds is 6. The lowest BCUT2D eigenvalue weighted by atomic mass is 9.99. The largest absolute Gasteiger partial charge is 0.453 e. The van der Waals surface area contributed by atoms with E-state index < -0.39 is 0 Å². The summed E-state index contributed by atoms with van der Waals surface area (Å²) in [5, 5.41) is 5.87. The molecule has 1 aliphatic rings. The molecule has 12 aromatic rings. The Bertz CT molecular complexity index is 3800. The number of fused-ring (bicyclic) bond motifs is 8. The standard InChI is InChI=1S/C60H38N4O/c1-3-14-39(15-4-1)40-26-28-42(29-27-40)59-49-22-9-10-23-51(49)61-60(62-59)45-17-13-20-47(36-45)64-53-34-31-41-16-7-8-21-48(41)58(53)50-33-30-43(37-54(50)64)44-32-35-57-55(38-44)63(46-18-5-2-6-19-46)52-24-11-12-25-56(52)65-57/h1-38H. The van der Waals surface area contributed by atoms with Gasteiger partial charge in [0.15, 0.2) is 17.3 Å². The highest BCUT2D eigenvalue weighted by molar-refractivity contribution is 6.21. The lowest BCUT2D eigenvalue weighted by molar-refractivity contribution is 0.477. The van der Waals surface area contributed by atoms with Gasteiger partial charge < -0.3 is 14.2 Å². The second-order valence-electron chi connectivity index (χ2n) is 16.6. The maximum Gasteiger partial charge on any atom is 0.160 e. The quantitative estimate of drug-likeness (QED) is 0.167. The Morgan fingerprint density at radius 1 is 0.354 bits per heavy atom. The van der Waals surface area contributed by atoms with E-state index in [1.165, 1.54) is 32.7 Å². The molecule has 5 heteroatoms. The summed E-state index contributed by atoms with van der Waals surface area (Å²) in [7, 11) is 0. The van der Waals surface area contributed by atoms with Crippen molar-refractivity contribution in [3.63, 3.8) is 0 Å². The first kappa shape index (κ1) is 36.8. The van der Waals surface area contributed by atoms with Crippen molar-refractivity contribution in [2.75, 3.05) is 4.90 Å². The zero-order chi connectivity index (χ0) is 42.8. The van der Waals surface area contributed by atoms with Crippen LogP contribution < -0.4 is 9.64 Å². The fourth-order valence-corrected chi connectivity index (χ4v) is 9.70. The van der Waals surface area contributed by atoms with Gasteiger partial charge in [-0.1, -0.05) is 164 Å². The fraction of sp³-hybridized carbons (Fsp3) is 0. The van der Waals surface area contributed by atoms with Crippen molar-refractivity contribution < 1.29 is 4.74 Å². The number of nitrogens with zero attached hydrogens (tertiary/aromatic N) is 4. The average Bonchev–Trinajstić information content (AvgIpc) is 3.72. The van der Waals surface area contributed by atoms with Gasteiger partial charge in [0.05, 0.1) is 33.6 Å². The fourth-order valence-electron chi connectivity index (χ4n) is 9.70. The maximum atomic E-state index is 6.52.